The van der Waals surface area contributed by atoms with E-state index in [0.29, 0.717) is 6.61 Å². The second-order valence-electron chi connectivity index (χ2n) is 5.88. The summed E-state index contributed by atoms with van der Waals surface area (Å²) in [5.41, 5.74) is 0. The predicted octanol–water partition coefficient (Wildman–Crippen LogP) is 3.13. The highest BCUT2D eigenvalue weighted by molar-refractivity contribution is 5.85. The number of Topliss-reactive ketones (excluding diaryl/α,β-unsaturated/α-hetero) is 1. The van der Waals surface area contributed by atoms with Gasteiger partial charge in [0, 0.05) is 13.0 Å². The van der Waals surface area contributed by atoms with E-state index in [-0.39, 0.29) is 29.7 Å². The van der Waals surface area contributed by atoms with Gasteiger partial charge in [-0.05, 0) is 25.7 Å². The fourth-order valence-electron chi connectivity index (χ4n) is 2.62. The molecule has 3 unspecified atom stereocenters. The molecule has 0 aromatic carbocycles. The maximum absolute atomic E-state index is 12.2. The van der Waals surface area contributed by atoms with E-state index in [2.05, 4.69) is 0 Å². The van der Waals surface area contributed by atoms with Crippen molar-refractivity contribution in [1.82, 2.24) is 0 Å². The summed E-state index contributed by atoms with van der Waals surface area (Å²) < 4.78 is 10.6. The molecule has 1 saturated heterocycles. The van der Waals surface area contributed by atoms with E-state index < -0.39 is 0 Å². The number of ketones is 1. The van der Waals surface area contributed by atoms with Gasteiger partial charge < -0.3 is 9.47 Å². The molecule has 1 fully saturated rings. The summed E-state index contributed by atoms with van der Waals surface area (Å²) in [7, 11) is 1.61. The van der Waals surface area contributed by atoms with Crippen LogP contribution in [0.3, 0.4) is 0 Å². The summed E-state index contributed by atoms with van der Waals surface area (Å²) in [5, 5.41) is 0. The standard InChI is InChI=1S/C16H28O4/c1-12-9-7-11-20-16(18)13(2)8-5-4-6-10-14(19-3)15(12)17/h12-14H,4-11H2,1-3H3. The summed E-state index contributed by atoms with van der Waals surface area (Å²) in [6.07, 6.45) is 5.86. The molecule has 1 rings (SSSR count). The third-order valence-corrected chi connectivity index (χ3v) is 4.12. The largest absolute Gasteiger partial charge is 0.465 e. The number of methoxy groups -OCH3 is 1. The number of carbonyl (C=O) groups is 2. The summed E-state index contributed by atoms with van der Waals surface area (Å²) in [4.78, 5) is 23.9. The molecule has 1 aliphatic rings. The Hall–Kier alpha value is -0.900. The quantitative estimate of drug-likeness (QED) is 0.694. The summed E-state index contributed by atoms with van der Waals surface area (Å²) in [6, 6.07) is 0. The lowest BCUT2D eigenvalue weighted by Crippen LogP contribution is -2.29. The van der Waals surface area contributed by atoms with Crippen molar-refractivity contribution < 1.29 is 19.1 Å². The Morgan fingerprint density at radius 3 is 2.30 bits per heavy atom. The number of esters is 1. The average molecular weight is 284 g/mol. The molecule has 0 amide bonds. The fourth-order valence-corrected chi connectivity index (χ4v) is 2.62. The number of rotatable bonds is 1. The van der Waals surface area contributed by atoms with E-state index in [9.17, 15) is 9.59 Å². The maximum Gasteiger partial charge on any atom is 0.308 e. The molecule has 0 bridgehead atoms. The highest BCUT2D eigenvalue weighted by atomic mass is 16.5. The van der Waals surface area contributed by atoms with Gasteiger partial charge in [0.05, 0.1) is 12.5 Å². The third kappa shape index (κ3) is 5.61. The molecule has 1 heterocycles. The first kappa shape index (κ1) is 17.2. The van der Waals surface area contributed by atoms with Crippen molar-refractivity contribution in [3.05, 3.63) is 0 Å². The van der Waals surface area contributed by atoms with Gasteiger partial charge in [-0.3, -0.25) is 9.59 Å². The van der Waals surface area contributed by atoms with E-state index in [4.69, 9.17) is 9.47 Å². The lowest BCUT2D eigenvalue weighted by atomic mass is 9.93. The van der Waals surface area contributed by atoms with Crippen LogP contribution in [0.4, 0.5) is 0 Å². The van der Waals surface area contributed by atoms with Crippen LogP contribution >= 0.6 is 0 Å². The molecular weight excluding hydrogens is 256 g/mol. The number of hydrogen-bond donors (Lipinski definition) is 0. The summed E-state index contributed by atoms with van der Waals surface area (Å²) in [5.74, 6) is 0.0364. The number of ether oxygens (including phenoxy) is 2. The first-order valence-corrected chi connectivity index (χ1v) is 7.79. The molecule has 1 aliphatic heterocycles. The van der Waals surface area contributed by atoms with Gasteiger partial charge in [-0.2, -0.15) is 0 Å². The molecule has 0 aliphatic carbocycles. The molecule has 20 heavy (non-hydrogen) atoms. The van der Waals surface area contributed by atoms with Gasteiger partial charge in [0.1, 0.15) is 6.10 Å². The van der Waals surface area contributed by atoms with E-state index in [1.165, 1.54) is 0 Å². The molecule has 4 nitrogen and oxygen atoms in total. The predicted molar refractivity (Wildman–Crippen MR) is 77.4 cm³/mol. The van der Waals surface area contributed by atoms with E-state index >= 15 is 0 Å². The smallest absolute Gasteiger partial charge is 0.308 e. The van der Waals surface area contributed by atoms with Crippen molar-refractivity contribution in [3.63, 3.8) is 0 Å². The van der Waals surface area contributed by atoms with Gasteiger partial charge in [-0.1, -0.05) is 33.1 Å². The van der Waals surface area contributed by atoms with Crippen molar-refractivity contribution in [1.29, 1.82) is 0 Å². The molecular formula is C16H28O4. The number of carbonyl (C=O) groups excluding carboxylic acids is 2. The Kier molecular flexibility index (Phi) is 7.82. The minimum atomic E-state index is -0.270. The van der Waals surface area contributed by atoms with Gasteiger partial charge in [-0.25, -0.2) is 0 Å². The molecule has 0 spiro atoms. The SMILES string of the molecule is COC1CCCCCC(C)C(=O)OCCCC(C)C1=O. The highest BCUT2D eigenvalue weighted by Gasteiger charge is 2.23. The molecule has 0 aromatic heterocycles. The van der Waals surface area contributed by atoms with Crippen LogP contribution in [-0.4, -0.2) is 31.6 Å². The Morgan fingerprint density at radius 1 is 0.950 bits per heavy atom. The third-order valence-electron chi connectivity index (χ3n) is 4.12. The zero-order chi connectivity index (χ0) is 15.0. The minimum absolute atomic E-state index is 0.0183. The van der Waals surface area contributed by atoms with Crippen LogP contribution in [-0.2, 0) is 19.1 Å². The average Bonchev–Trinajstić information content (AvgIpc) is 2.45. The second-order valence-corrected chi connectivity index (χ2v) is 5.88. The molecule has 3 atom stereocenters. The Bertz CT molecular complexity index is 314. The Labute approximate surface area is 122 Å². The van der Waals surface area contributed by atoms with Crippen molar-refractivity contribution in [2.24, 2.45) is 11.8 Å². The van der Waals surface area contributed by atoms with Gasteiger partial charge in [-0.15, -0.1) is 0 Å². The monoisotopic (exact) mass is 284 g/mol. The highest BCUT2D eigenvalue weighted by Crippen LogP contribution is 2.18. The van der Waals surface area contributed by atoms with Crippen LogP contribution in [0.5, 0.6) is 0 Å². The van der Waals surface area contributed by atoms with Crippen molar-refractivity contribution in [2.75, 3.05) is 13.7 Å². The first-order chi connectivity index (χ1) is 9.56. The molecule has 4 heteroatoms. The molecule has 116 valence electrons. The lowest BCUT2D eigenvalue weighted by Gasteiger charge is -2.20. The van der Waals surface area contributed by atoms with Crippen molar-refractivity contribution in [2.45, 2.75) is 64.9 Å². The molecule has 0 radical (unpaired) electrons. The van der Waals surface area contributed by atoms with E-state index in [1.807, 2.05) is 13.8 Å². The van der Waals surface area contributed by atoms with E-state index in [1.54, 1.807) is 7.11 Å². The van der Waals surface area contributed by atoms with Crippen LogP contribution in [0, 0.1) is 11.8 Å². The number of cyclic esters (lactones) is 1. The van der Waals surface area contributed by atoms with Crippen molar-refractivity contribution in [3.8, 4) is 0 Å². The van der Waals surface area contributed by atoms with Crippen LogP contribution in [0.1, 0.15) is 58.8 Å². The van der Waals surface area contributed by atoms with Crippen LogP contribution in [0.2, 0.25) is 0 Å². The van der Waals surface area contributed by atoms with Gasteiger partial charge in [0.25, 0.3) is 0 Å². The Morgan fingerprint density at radius 2 is 1.60 bits per heavy atom. The minimum Gasteiger partial charge on any atom is -0.465 e. The molecule has 0 aromatic rings. The van der Waals surface area contributed by atoms with Crippen LogP contribution in [0.25, 0.3) is 0 Å². The van der Waals surface area contributed by atoms with Gasteiger partial charge in [0.15, 0.2) is 5.78 Å². The summed E-state index contributed by atoms with van der Waals surface area (Å²) in [6.45, 7) is 4.28. The number of hydrogen-bond acceptors (Lipinski definition) is 4. The van der Waals surface area contributed by atoms with E-state index in [0.717, 1.165) is 44.9 Å². The molecule has 0 N–H and O–H groups in total. The molecule has 0 saturated carbocycles. The first-order valence-electron chi connectivity index (χ1n) is 7.79. The zero-order valence-electron chi connectivity index (χ0n) is 13.0. The van der Waals surface area contributed by atoms with Crippen molar-refractivity contribution >= 4 is 11.8 Å². The normalized spacial score (nSPS) is 31.4. The van der Waals surface area contributed by atoms with Crippen LogP contribution < -0.4 is 0 Å². The Balaban J connectivity index is 2.57. The lowest BCUT2D eigenvalue weighted by molar-refractivity contribution is -0.148. The van der Waals surface area contributed by atoms with Gasteiger partial charge >= 0.3 is 5.97 Å². The second kappa shape index (κ2) is 9.11. The topological polar surface area (TPSA) is 52.6 Å². The zero-order valence-corrected chi connectivity index (χ0v) is 13.0. The maximum atomic E-state index is 12.2. The van der Waals surface area contributed by atoms with Gasteiger partial charge in [0.2, 0.25) is 0 Å². The fraction of sp³-hybridized carbons (Fsp3) is 0.875. The van der Waals surface area contributed by atoms with Crippen LogP contribution in [0.15, 0.2) is 0 Å². The summed E-state index contributed by atoms with van der Waals surface area (Å²) >= 11 is 0.